The maximum absolute atomic E-state index is 4.56. The second-order valence-electron chi connectivity index (χ2n) is 4.66. The molecule has 4 heteroatoms. The third kappa shape index (κ3) is 4.56. The maximum Gasteiger partial charge on any atom is 0.128 e. The van der Waals surface area contributed by atoms with Crippen molar-refractivity contribution in [2.24, 2.45) is 0 Å². The standard InChI is InChI=1S/C15H21N3S/c1-3-9-16-14-7-4-8-15(18-14)17-12(2)11-13-6-5-10-19-13/h4-8,10,12H,3,9,11H2,1-2H3,(H2,16,17,18). The minimum absolute atomic E-state index is 0.382. The average Bonchev–Trinajstić information content (AvgIpc) is 2.89. The van der Waals surface area contributed by atoms with Crippen molar-refractivity contribution in [2.45, 2.75) is 32.7 Å². The lowest BCUT2D eigenvalue weighted by Gasteiger charge is -2.14. The Morgan fingerprint density at radius 2 is 2.05 bits per heavy atom. The van der Waals surface area contributed by atoms with E-state index in [2.05, 4.69) is 47.0 Å². The van der Waals surface area contributed by atoms with Crippen molar-refractivity contribution in [3.63, 3.8) is 0 Å². The van der Waals surface area contributed by atoms with Gasteiger partial charge in [0, 0.05) is 23.9 Å². The summed E-state index contributed by atoms with van der Waals surface area (Å²) in [6, 6.07) is 10.7. The highest BCUT2D eigenvalue weighted by atomic mass is 32.1. The van der Waals surface area contributed by atoms with Crippen molar-refractivity contribution in [2.75, 3.05) is 17.2 Å². The molecular formula is C15H21N3S. The number of nitrogens with one attached hydrogen (secondary N) is 2. The van der Waals surface area contributed by atoms with E-state index in [9.17, 15) is 0 Å². The number of thiophene rings is 1. The van der Waals surface area contributed by atoms with Gasteiger partial charge in [0.05, 0.1) is 0 Å². The first-order chi connectivity index (χ1) is 9.28. The van der Waals surface area contributed by atoms with Crippen molar-refractivity contribution in [3.05, 3.63) is 40.6 Å². The van der Waals surface area contributed by atoms with Crippen molar-refractivity contribution in [3.8, 4) is 0 Å². The van der Waals surface area contributed by atoms with E-state index in [1.165, 1.54) is 4.88 Å². The summed E-state index contributed by atoms with van der Waals surface area (Å²) in [6.45, 7) is 5.30. The number of aromatic nitrogens is 1. The van der Waals surface area contributed by atoms with E-state index < -0.39 is 0 Å². The second kappa shape index (κ2) is 7.14. The molecule has 102 valence electrons. The molecule has 0 saturated heterocycles. The van der Waals surface area contributed by atoms with Gasteiger partial charge in [0.1, 0.15) is 11.6 Å². The van der Waals surface area contributed by atoms with Crippen molar-refractivity contribution < 1.29 is 0 Å². The highest BCUT2D eigenvalue weighted by Gasteiger charge is 2.05. The molecule has 2 rings (SSSR count). The first-order valence-corrected chi connectivity index (χ1v) is 7.65. The molecule has 0 fully saturated rings. The van der Waals surface area contributed by atoms with Crippen LogP contribution in [-0.4, -0.2) is 17.6 Å². The fourth-order valence-corrected chi connectivity index (χ4v) is 2.74. The summed E-state index contributed by atoms with van der Waals surface area (Å²) < 4.78 is 0. The van der Waals surface area contributed by atoms with Crippen LogP contribution in [0, 0.1) is 0 Å². The topological polar surface area (TPSA) is 37.0 Å². The molecule has 0 aliphatic heterocycles. The maximum atomic E-state index is 4.56. The molecule has 0 saturated carbocycles. The van der Waals surface area contributed by atoms with Gasteiger partial charge in [0.2, 0.25) is 0 Å². The Kier molecular flexibility index (Phi) is 5.21. The Labute approximate surface area is 119 Å². The molecule has 1 unspecified atom stereocenters. The van der Waals surface area contributed by atoms with Crippen LogP contribution in [0.5, 0.6) is 0 Å². The van der Waals surface area contributed by atoms with Crippen LogP contribution in [-0.2, 0) is 6.42 Å². The van der Waals surface area contributed by atoms with Crippen LogP contribution in [0.4, 0.5) is 11.6 Å². The Balaban J connectivity index is 1.90. The summed E-state index contributed by atoms with van der Waals surface area (Å²) in [5.41, 5.74) is 0. The number of anilines is 2. The molecule has 2 N–H and O–H groups in total. The second-order valence-corrected chi connectivity index (χ2v) is 5.70. The van der Waals surface area contributed by atoms with Crippen LogP contribution in [0.3, 0.4) is 0 Å². The lowest BCUT2D eigenvalue weighted by atomic mass is 10.2. The van der Waals surface area contributed by atoms with Crippen LogP contribution in [0.2, 0.25) is 0 Å². The van der Waals surface area contributed by atoms with E-state index in [4.69, 9.17) is 0 Å². The molecular weight excluding hydrogens is 254 g/mol. The molecule has 0 radical (unpaired) electrons. The van der Waals surface area contributed by atoms with E-state index >= 15 is 0 Å². The summed E-state index contributed by atoms with van der Waals surface area (Å²) in [6.07, 6.45) is 2.14. The molecule has 0 aliphatic carbocycles. The molecule has 2 heterocycles. The fraction of sp³-hybridized carbons (Fsp3) is 0.400. The molecule has 0 bridgehead atoms. The number of rotatable bonds is 7. The molecule has 0 spiro atoms. The zero-order valence-corrected chi connectivity index (χ0v) is 12.3. The highest BCUT2D eigenvalue weighted by Crippen LogP contribution is 2.15. The molecule has 0 aromatic carbocycles. The van der Waals surface area contributed by atoms with Gasteiger partial charge >= 0.3 is 0 Å². The van der Waals surface area contributed by atoms with Gasteiger partial charge in [-0.05, 0) is 36.9 Å². The Morgan fingerprint density at radius 3 is 2.79 bits per heavy atom. The number of hydrogen-bond donors (Lipinski definition) is 2. The van der Waals surface area contributed by atoms with Crippen LogP contribution < -0.4 is 10.6 Å². The summed E-state index contributed by atoms with van der Waals surface area (Å²) in [5.74, 6) is 1.88. The predicted molar refractivity (Wildman–Crippen MR) is 84.1 cm³/mol. The molecule has 1 atom stereocenters. The van der Waals surface area contributed by atoms with Crippen LogP contribution in [0.15, 0.2) is 35.7 Å². The average molecular weight is 275 g/mol. The molecule has 0 aliphatic rings. The van der Waals surface area contributed by atoms with Crippen molar-refractivity contribution >= 4 is 23.0 Å². The van der Waals surface area contributed by atoms with Crippen molar-refractivity contribution in [1.29, 1.82) is 0 Å². The van der Waals surface area contributed by atoms with Crippen LogP contribution in [0.25, 0.3) is 0 Å². The smallest absolute Gasteiger partial charge is 0.128 e. The van der Waals surface area contributed by atoms with E-state index in [1.807, 2.05) is 18.2 Å². The zero-order valence-electron chi connectivity index (χ0n) is 11.5. The molecule has 2 aromatic heterocycles. The quantitative estimate of drug-likeness (QED) is 0.801. The molecule has 19 heavy (non-hydrogen) atoms. The normalized spacial score (nSPS) is 12.1. The van der Waals surface area contributed by atoms with Gasteiger partial charge in [-0.15, -0.1) is 11.3 Å². The molecule has 0 amide bonds. The number of nitrogens with zero attached hydrogens (tertiary/aromatic N) is 1. The summed E-state index contributed by atoms with van der Waals surface area (Å²) >= 11 is 1.80. The van der Waals surface area contributed by atoms with Gasteiger partial charge < -0.3 is 10.6 Å². The summed E-state index contributed by atoms with van der Waals surface area (Å²) in [4.78, 5) is 5.96. The van der Waals surface area contributed by atoms with Gasteiger partial charge in [-0.1, -0.05) is 19.1 Å². The van der Waals surface area contributed by atoms with Gasteiger partial charge in [-0.3, -0.25) is 0 Å². The monoisotopic (exact) mass is 275 g/mol. The zero-order chi connectivity index (χ0) is 13.5. The molecule has 3 nitrogen and oxygen atoms in total. The first-order valence-electron chi connectivity index (χ1n) is 6.77. The SMILES string of the molecule is CCCNc1cccc(NC(C)Cc2cccs2)n1. The Hall–Kier alpha value is -1.55. The van der Waals surface area contributed by atoms with Crippen LogP contribution >= 0.6 is 11.3 Å². The summed E-state index contributed by atoms with van der Waals surface area (Å²) in [7, 11) is 0. The Morgan fingerprint density at radius 1 is 1.21 bits per heavy atom. The minimum atomic E-state index is 0.382. The number of hydrogen-bond acceptors (Lipinski definition) is 4. The lowest BCUT2D eigenvalue weighted by Crippen LogP contribution is -2.18. The van der Waals surface area contributed by atoms with E-state index in [-0.39, 0.29) is 0 Å². The lowest BCUT2D eigenvalue weighted by molar-refractivity contribution is 0.794. The van der Waals surface area contributed by atoms with Gasteiger partial charge in [0.25, 0.3) is 0 Å². The van der Waals surface area contributed by atoms with E-state index in [0.29, 0.717) is 6.04 Å². The fourth-order valence-electron chi connectivity index (χ4n) is 1.90. The Bertz CT molecular complexity index is 482. The van der Waals surface area contributed by atoms with E-state index in [0.717, 1.165) is 31.0 Å². The minimum Gasteiger partial charge on any atom is -0.370 e. The van der Waals surface area contributed by atoms with Crippen LogP contribution in [0.1, 0.15) is 25.1 Å². The van der Waals surface area contributed by atoms with E-state index in [1.54, 1.807) is 11.3 Å². The molecule has 2 aromatic rings. The first kappa shape index (κ1) is 13.9. The third-order valence-electron chi connectivity index (χ3n) is 2.79. The summed E-state index contributed by atoms with van der Waals surface area (Å²) in [5, 5.41) is 8.88. The van der Waals surface area contributed by atoms with Crippen molar-refractivity contribution in [1.82, 2.24) is 4.98 Å². The van der Waals surface area contributed by atoms with Gasteiger partial charge in [-0.25, -0.2) is 4.98 Å². The number of pyridine rings is 1. The third-order valence-corrected chi connectivity index (χ3v) is 3.69. The van der Waals surface area contributed by atoms with Gasteiger partial charge in [0.15, 0.2) is 0 Å². The van der Waals surface area contributed by atoms with Gasteiger partial charge in [-0.2, -0.15) is 0 Å². The largest absolute Gasteiger partial charge is 0.370 e. The predicted octanol–water partition coefficient (Wildman–Crippen LogP) is 4.01. The highest BCUT2D eigenvalue weighted by molar-refractivity contribution is 7.09.